The zero-order valence-corrected chi connectivity index (χ0v) is 44.6. The minimum Gasteiger partial charge on any atom is -0.379 e. The minimum atomic E-state index is -0.794. The average Bonchev–Trinajstić information content (AvgIpc) is 3.23. The number of hydrogen-bond acceptors (Lipinski definition) is 5. The van der Waals surface area contributed by atoms with E-state index in [0.717, 1.165) is 57.8 Å². The lowest BCUT2D eigenvalue weighted by molar-refractivity contribution is -0.129. The van der Waals surface area contributed by atoms with Crippen molar-refractivity contribution in [2.24, 2.45) is 11.3 Å². The van der Waals surface area contributed by atoms with Crippen LogP contribution in [0, 0.1) is 11.3 Å². The highest BCUT2D eigenvalue weighted by atomic mass is 16.5. The first kappa shape index (κ1) is 62.3. The van der Waals surface area contributed by atoms with Crippen LogP contribution in [-0.2, 0) is 23.9 Å². The lowest BCUT2D eigenvalue weighted by Crippen LogP contribution is -2.53. The molecule has 0 aliphatic carbocycles. The zero-order valence-electron chi connectivity index (χ0n) is 44.6. The fraction of sp³-hybridized carbons (Fsp3) is 0.946. The summed E-state index contributed by atoms with van der Waals surface area (Å²) in [6.45, 7) is 21.0. The number of hydrogen-bond donors (Lipinski definition) is 3. The highest BCUT2D eigenvalue weighted by Gasteiger charge is 2.32. The first-order valence-corrected chi connectivity index (χ1v) is 27.6. The van der Waals surface area contributed by atoms with Crippen molar-refractivity contribution < 1.29 is 23.9 Å². The molecule has 0 spiro atoms. The summed E-state index contributed by atoms with van der Waals surface area (Å²) in [5, 5.41) is 9.10. The van der Waals surface area contributed by atoms with Crippen LogP contribution < -0.4 is 16.0 Å². The molecule has 3 N–H and O–H groups in total. The van der Waals surface area contributed by atoms with E-state index in [9.17, 15) is 14.4 Å². The number of ether oxygens (including phenoxy) is 2. The van der Waals surface area contributed by atoms with Gasteiger partial charge in [-0.1, -0.05) is 214 Å². The molecule has 2 atom stereocenters. The van der Waals surface area contributed by atoms with Crippen LogP contribution in [-0.4, -0.2) is 61.8 Å². The Labute approximate surface area is 398 Å². The van der Waals surface area contributed by atoms with Crippen molar-refractivity contribution in [3.05, 3.63) is 0 Å². The van der Waals surface area contributed by atoms with Gasteiger partial charge >= 0.3 is 0 Å². The van der Waals surface area contributed by atoms with Crippen LogP contribution in [0.3, 0.4) is 0 Å². The molecule has 0 saturated carbocycles. The highest BCUT2D eigenvalue weighted by Crippen LogP contribution is 2.36. The second kappa shape index (κ2) is 40.4. The van der Waals surface area contributed by atoms with Gasteiger partial charge in [-0.15, -0.1) is 0 Å². The summed E-state index contributed by atoms with van der Waals surface area (Å²) < 4.78 is 11.9. The van der Waals surface area contributed by atoms with Gasteiger partial charge in [0.15, 0.2) is 0 Å². The third-order valence-corrected chi connectivity index (χ3v) is 13.3. The molecule has 0 bridgehead atoms. The molecule has 0 fully saturated rings. The second-order valence-electron chi connectivity index (χ2n) is 22.0. The number of rotatable bonds is 47. The van der Waals surface area contributed by atoms with Crippen molar-refractivity contribution in [1.82, 2.24) is 16.0 Å². The van der Waals surface area contributed by atoms with Gasteiger partial charge in [0.25, 0.3) is 0 Å². The number of carbonyl (C=O) groups is 3. The van der Waals surface area contributed by atoms with Crippen LogP contribution in [0.25, 0.3) is 0 Å². The van der Waals surface area contributed by atoms with Crippen LogP contribution in [0.1, 0.15) is 287 Å². The van der Waals surface area contributed by atoms with E-state index < -0.39 is 6.04 Å². The van der Waals surface area contributed by atoms with Crippen LogP contribution in [0.4, 0.5) is 0 Å². The zero-order chi connectivity index (χ0) is 47.8. The van der Waals surface area contributed by atoms with Crippen molar-refractivity contribution in [3.63, 3.8) is 0 Å². The van der Waals surface area contributed by atoms with Gasteiger partial charge in [-0.25, -0.2) is 0 Å². The van der Waals surface area contributed by atoms with Crippen LogP contribution in [0.15, 0.2) is 0 Å². The lowest BCUT2D eigenvalue weighted by Gasteiger charge is -2.37. The van der Waals surface area contributed by atoms with E-state index in [1.807, 2.05) is 0 Å². The Morgan fingerprint density at radius 2 is 0.859 bits per heavy atom. The van der Waals surface area contributed by atoms with Gasteiger partial charge in [0.2, 0.25) is 17.7 Å². The first-order valence-electron chi connectivity index (χ1n) is 27.6. The Bertz CT molecular complexity index is 1110. The molecule has 64 heavy (non-hydrogen) atoms. The monoisotopic (exact) mass is 906 g/mol. The molecule has 0 aromatic rings. The molecule has 8 nitrogen and oxygen atoms in total. The SMILES string of the molecule is CCCCCCCCCCCCCCCCCC(=O)NCC(NC(=O)CCCCCCCCCCCCCCCCC)C(=O)NCC(C)CC(C)(C)CC(C)(C)OCCC(C)(C)OC. The Morgan fingerprint density at radius 1 is 0.484 bits per heavy atom. The molecular formula is C56H111N3O5. The number of carbonyl (C=O) groups excluding carboxylic acids is 3. The third kappa shape index (κ3) is 40.6. The van der Waals surface area contributed by atoms with Crippen molar-refractivity contribution in [1.29, 1.82) is 0 Å². The third-order valence-electron chi connectivity index (χ3n) is 13.3. The quantitative estimate of drug-likeness (QED) is 0.0528. The van der Waals surface area contributed by atoms with Gasteiger partial charge in [-0.2, -0.15) is 0 Å². The molecule has 0 radical (unpaired) electrons. The fourth-order valence-corrected chi connectivity index (χ4v) is 9.46. The molecule has 8 heteroatoms. The Kier molecular flexibility index (Phi) is 39.3. The maximum absolute atomic E-state index is 13.6. The van der Waals surface area contributed by atoms with Gasteiger partial charge in [0.1, 0.15) is 6.04 Å². The lowest BCUT2D eigenvalue weighted by atomic mass is 9.75. The van der Waals surface area contributed by atoms with E-state index in [-0.39, 0.29) is 46.8 Å². The van der Waals surface area contributed by atoms with Crippen LogP contribution >= 0.6 is 0 Å². The summed E-state index contributed by atoms with van der Waals surface area (Å²) in [6.07, 6.45) is 42.0. The Morgan fingerprint density at radius 3 is 1.25 bits per heavy atom. The largest absolute Gasteiger partial charge is 0.379 e. The fourth-order valence-electron chi connectivity index (χ4n) is 9.46. The van der Waals surface area contributed by atoms with Crippen LogP contribution in [0.2, 0.25) is 0 Å². The predicted octanol–water partition coefficient (Wildman–Crippen LogP) is 15.3. The molecule has 2 unspecified atom stereocenters. The van der Waals surface area contributed by atoms with Gasteiger partial charge in [-0.05, 0) is 71.1 Å². The maximum atomic E-state index is 13.6. The Balaban J connectivity index is 4.78. The predicted molar refractivity (Wildman–Crippen MR) is 275 cm³/mol. The van der Waals surface area contributed by atoms with Gasteiger partial charge < -0.3 is 25.4 Å². The molecule has 3 amide bonds. The van der Waals surface area contributed by atoms with E-state index in [4.69, 9.17) is 9.47 Å². The summed E-state index contributed by atoms with van der Waals surface area (Å²) in [5.41, 5.74) is -0.509. The summed E-state index contributed by atoms with van der Waals surface area (Å²) in [5.74, 6) is -0.170. The summed E-state index contributed by atoms with van der Waals surface area (Å²) in [6, 6.07) is -0.794. The van der Waals surface area contributed by atoms with E-state index in [1.54, 1.807) is 7.11 Å². The summed E-state index contributed by atoms with van der Waals surface area (Å²) in [7, 11) is 1.74. The average molecular weight is 907 g/mol. The molecule has 0 saturated heterocycles. The van der Waals surface area contributed by atoms with Crippen molar-refractivity contribution in [3.8, 4) is 0 Å². The highest BCUT2D eigenvalue weighted by molar-refractivity contribution is 5.88. The second-order valence-corrected chi connectivity index (χ2v) is 22.0. The molecule has 380 valence electrons. The Hall–Kier alpha value is -1.67. The van der Waals surface area contributed by atoms with Gasteiger partial charge in [0, 0.05) is 33.0 Å². The molecular weight excluding hydrogens is 795 g/mol. The van der Waals surface area contributed by atoms with Gasteiger partial charge in [-0.3, -0.25) is 14.4 Å². The minimum absolute atomic E-state index is 0.00774. The first-order chi connectivity index (χ1) is 30.6. The normalized spacial score (nSPS) is 13.2. The molecule has 0 aromatic carbocycles. The number of methoxy groups -OCH3 is 1. The van der Waals surface area contributed by atoms with E-state index in [1.165, 1.54) is 154 Å². The number of nitrogens with one attached hydrogen (secondary N) is 3. The molecule has 0 heterocycles. The van der Waals surface area contributed by atoms with Crippen LogP contribution in [0.5, 0.6) is 0 Å². The van der Waals surface area contributed by atoms with Crippen molar-refractivity contribution in [2.75, 3.05) is 26.8 Å². The van der Waals surface area contributed by atoms with E-state index >= 15 is 0 Å². The smallest absolute Gasteiger partial charge is 0.244 e. The van der Waals surface area contributed by atoms with Gasteiger partial charge in [0.05, 0.1) is 17.8 Å². The van der Waals surface area contributed by atoms with Crippen molar-refractivity contribution in [2.45, 2.75) is 304 Å². The summed E-state index contributed by atoms with van der Waals surface area (Å²) in [4.78, 5) is 39.7. The molecule has 0 rings (SSSR count). The van der Waals surface area contributed by atoms with Crippen molar-refractivity contribution >= 4 is 17.7 Å². The number of amides is 3. The molecule has 0 aromatic heterocycles. The number of unbranched alkanes of at least 4 members (excludes halogenated alkanes) is 28. The summed E-state index contributed by atoms with van der Waals surface area (Å²) >= 11 is 0. The molecule has 0 aliphatic heterocycles. The van der Waals surface area contributed by atoms with E-state index in [0.29, 0.717) is 26.0 Å². The standard InChI is InChI=1S/C56H111N3O5/c1-11-13-15-17-19-21-23-25-27-29-31-33-35-37-39-41-51(60)57-47-50(59-52(61)42-40-38-36-34-32-30-28-26-24-22-20-18-16-14-12-2)53(62)58-46-49(3)45-54(4,5)48-56(8,9)64-44-43-55(6,7)63-10/h49-50H,11-48H2,1-10H3,(H,57,60)(H,58,62)(H,59,61). The van der Waals surface area contributed by atoms with E-state index in [2.05, 4.69) is 78.3 Å². The topological polar surface area (TPSA) is 106 Å². The molecule has 0 aliphatic rings. The maximum Gasteiger partial charge on any atom is 0.244 e.